The van der Waals surface area contributed by atoms with E-state index in [1.807, 2.05) is 0 Å². The van der Waals surface area contributed by atoms with Crippen molar-refractivity contribution in [3.8, 4) is 22.8 Å². The number of fused-ring (bicyclic) bond motifs is 1. The van der Waals surface area contributed by atoms with Crippen LogP contribution in [0.25, 0.3) is 33.7 Å². The van der Waals surface area contributed by atoms with Gasteiger partial charge in [0.15, 0.2) is 0 Å². The highest BCUT2D eigenvalue weighted by molar-refractivity contribution is 5.83. The molecule has 3 aromatic heterocycles. The molecule has 0 amide bonds. The second-order valence-corrected chi connectivity index (χ2v) is 6.70. The Morgan fingerprint density at radius 1 is 1.03 bits per heavy atom. The maximum atomic E-state index is 14.6. The standard InChI is InChI=1S/C19H12F3N9O/c20-13-6-10(17-27-28-18(32-17)15(21)22)1-2-11(13)8-31-29-16(26-30-31)9-3-4-14-12(5-9)7-24-19(23)25-14/h1-7,15H,8H2,(H2,23,24,25). The van der Waals surface area contributed by atoms with E-state index in [2.05, 4.69) is 35.6 Å². The first-order chi connectivity index (χ1) is 15.5. The number of hydrogen-bond acceptors (Lipinski definition) is 9. The molecule has 10 nitrogen and oxygen atoms in total. The van der Waals surface area contributed by atoms with Crippen LogP contribution in [-0.4, -0.2) is 40.4 Å². The minimum Gasteiger partial charge on any atom is -0.415 e. The van der Waals surface area contributed by atoms with Crippen LogP contribution in [0.15, 0.2) is 47.0 Å². The van der Waals surface area contributed by atoms with E-state index >= 15 is 0 Å². The number of nitrogens with zero attached hydrogens (tertiary/aromatic N) is 8. The number of nitrogens with two attached hydrogens (primary N) is 1. The van der Waals surface area contributed by atoms with E-state index in [-0.39, 0.29) is 29.5 Å². The summed E-state index contributed by atoms with van der Waals surface area (Å²) in [5, 5.41) is 19.7. The quantitative estimate of drug-likeness (QED) is 0.438. The molecule has 0 unspecified atom stereocenters. The highest BCUT2D eigenvalue weighted by atomic mass is 19.3. The molecule has 0 saturated heterocycles. The van der Waals surface area contributed by atoms with Crippen LogP contribution in [-0.2, 0) is 6.54 Å². The number of aromatic nitrogens is 8. The van der Waals surface area contributed by atoms with Gasteiger partial charge in [-0.25, -0.2) is 14.4 Å². The van der Waals surface area contributed by atoms with Crippen LogP contribution in [0, 0.1) is 5.82 Å². The van der Waals surface area contributed by atoms with Gasteiger partial charge in [-0.3, -0.25) is 0 Å². The Kier molecular flexibility index (Phi) is 4.69. The third-order valence-electron chi connectivity index (χ3n) is 4.55. The SMILES string of the molecule is Nc1ncc2cc(-c3nnn(Cc4ccc(-c5nnc(C(F)F)o5)cc4F)n3)ccc2n1. The summed E-state index contributed by atoms with van der Waals surface area (Å²) in [5.41, 5.74) is 7.38. The van der Waals surface area contributed by atoms with Crippen LogP contribution in [0.1, 0.15) is 17.9 Å². The molecule has 32 heavy (non-hydrogen) atoms. The van der Waals surface area contributed by atoms with Crippen molar-refractivity contribution in [2.75, 3.05) is 5.73 Å². The number of tetrazole rings is 1. The lowest BCUT2D eigenvalue weighted by atomic mass is 10.1. The Bertz CT molecular complexity index is 1430. The van der Waals surface area contributed by atoms with E-state index < -0.39 is 18.1 Å². The van der Waals surface area contributed by atoms with Crippen LogP contribution in [0.5, 0.6) is 0 Å². The van der Waals surface area contributed by atoms with Crippen LogP contribution >= 0.6 is 0 Å². The Morgan fingerprint density at radius 3 is 2.66 bits per heavy atom. The zero-order valence-electron chi connectivity index (χ0n) is 16.0. The second kappa shape index (κ2) is 7.68. The summed E-state index contributed by atoms with van der Waals surface area (Å²) in [6.45, 7) is -0.00153. The smallest absolute Gasteiger partial charge is 0.314 e. The first-order valence-electron chi connectivity index (χ1n) is 9.17. The van der Waals surface area contributed by atoms with Gasteiger partial charge in [-0.2, -0.15) is 13.6 Å². The average Bonchev–Trinajstić information content (AvgIpc) is 3.45. The molecule has 0 aliphatic rings. The predicted molar refractivity (Wildman–Crippen MR) is 105 cm³/mol. The largest absolute Gasteiger partial charge is 0.415 e. The lowest BCUT2D eigenvalue weighted by Crippen LogP contribution is -2.06. The van der Waals surface area contributed by atoms with Crippen LogP contribution < -0.4 is 5.73 Å². The molecule has 5 rings (SSSR count). The van der Waals surface area contributed by atoms with E-state index in [9.17, 15) is 13.2 Å². The maximum Gasteiger partial charge on any atom is 0.314 e. The van der Waals surface area contributed by atoms with Crippen molar-refractivity contribution in [2.45, 2.75) is 13.0 Å². The molecule has 0 aliphatic heterocycles. The van der Waals surface area contributed by atoms with Crippen molar-refractivity contribution in [1.82, 2.24) is 40.4 Å². The molecule has 2 N–H and O–H groups in total. The van der Waals surface area contributed by atoms with Gasteiger partial charge in [-0.05, 0) is 35.5 Å². The molecular weight excluding hydrogens is 427 g/mol. The molecule has 3 heterocycles. The predicted octanol–water partition coefficient (Wildman–Crippen LogP) is 3.04. The molecule has 0 saturated carbocycles. The Balaban J connectivity index is 1.36. The van der Waals surface area contributed by atoms with Crippen molar-refractivity contribution in [3.63, 3.8) is 0 Å². The molecule has 0 fully saturated rings. The van der Waals surface area contributed by atoms with Gasteiger partial charge in [0.05, 0.1) is 12.1 Å². The molecule has 0 spiro atoms. The monoisotopic (exact) mass is 439 g/mol. The summed E-state index contributed by atoms with van der Waals surface area (Å²) in [6.07, 6.45) is -1.31. The van der Waals surface area contributed by atoms with Crippen LogP contribution in [0.4, 0.5) is 19.1 Å². The summed E-state index contributed by atoms with van der Waals surface area (Å²) in [7, 11) is 0. The van der Waals surface area contributed by atoms with E-state index in [0.717, 1.165) is 11.5 Å². The van der Waals surface area contributed by atoms with Gasteiger partial charge in [-0.15, -0.1) is 20.4 Å². The molecule has 0 radical (unpaired) electrons. The Labute approximate surface area is 176 Å². The summed E-state index contributed by atoms with van der Waals surface area (Å²) < 4.78 is 44.6. The minimum atomic E-state index is -2.90. The lowest BCUT2D eigenvalue weighted by molar-refractivity contribution is 0.116. The number of anilines is 1. The topological polar surface area (TPSA) is 134 Å². The third-order valence-corrected chi connectivity index (χ3v) is 4.55. The molecule has 0 aliphatic carbocycles. The van der Waals surface area contributed by atoms with E-state index in [1.54, 1.807) is 24.4 Å². The first kappa shape index (κ1) is 19.5. The van der Waals surface area contributed by atoms with Crippen molar-refractivity contribution in [3.05, 3.63) is 59.9 Å². The zero-order valence-corrected chi connectivity index (χ0v) is 16.0. The number of halogens is 3. The summed E-state index contributed by atoms with van der Waals surface area (Å²) in [5.74, 6) is -1.12. The molecular formula is C19H12F3N9O. The number of benzene rings is 2. The fourth-order valence-electron chi connectivity index (χ4n) is 3.01. The Morgan fingerprint density at radius 2 is 1.88 bits per heavy atom. The van der Waals surface area contributed by atoms with Gasteiger partial charge in [0, 0.05) is 28.3 Å². The molecule has 160 valence electrons. The fourth-order valence-corrected chi connectivity index (χ4v) is 3.01. The summed E-state index contributed by atoms with van der Waals surface area (Å²) in [6, 6.07) is 9.38. The first-order valence-corrected chi connectivity index (χ1v) is 9.17. The number of hydrogen-bond donors (Lipinski definition) is 1. The highest BCUT2D eigenvalue weighted by Crippen LogP contribution is 2.25. The van der Waals surface area contributed by atoms with Gasteiger partial charge in [0.1, 0.15) is 5.82 Å². The van der Waals surface area contributed by atoms with Crippen molar-refractivity contribution in [1.29, 1.82) is 0 Å². The Hall–Kier alpha value is -4.42. The maximum absolute atomic E-state index is 14.6. The number of rotatable bonds is 5. The average molecular weight is 439 g/mol. The molecule has 0 bridgehead atoms. The lowest BCUT2D eigenvalue weighted by Gasteiger charge is -2.03. The van der Waals surface area contributed by atoms with E-state index in [0.29, 0.717) is 16.9 Å². The van der Waals surface area contributed by atoms with E-state index in [1.165, 1.54) is 16.9 Å². The third kappa shape index (κ3) is 3.71. The summed E-state index contributed by atoms with van der Waals surface area (Å²) in [4.78, 5) is 9.33. The highest BCUT2D eigenvalue weighted by Gasteiger charge is 2.18. The summed E-state index contributed by atoms with van der Waals surface area (Å²) >= 11 is 0. The number of alkyl halides is 2. The minimum absolute atomic E-state index is 0.00153. The number of nitrogen functional groups attached to an aromatic ring is 1. The fraction of sp³-hybridized carbons (Fsp3) is 0.105. The van der Waals surface area contributed by atoms with Gasteiger partial charge < -0.3 is 10.2 Å². The van der Waals surface area contributed by atoms with E-state index in [4.69, 9.17) is 10.2 Å². The van der Waals surface area contributed by atoms with Crippen molar-refractivity contribution >= 4 is 16.9 Å². The normalized spacial score (nSPS) is 11.5. The van der Waals surface area contributed by atoms with Crippen molar-refractivity contribution < 1.29 is 17.6 Å². The zero-order chi connectivity index (χ0) is 22.2. The molecule has 5 aromatic rings. The van der Waals surface area contributed by atoms with Gasteiger partial charge in [0.25, 0.3) is 5.89 Å². The van der Waals surface area contributed by atoms with Gasteiger partial charge in [-0.1, -0.05) is 6.07 Å². The molecule has 13 heteroatoms. The van der Waals surface area contributed by atoms with Gasteiger partial charge in [0.2, 0.25) is 17.7 Å². The molecule has 2 aromatic carbocycles. The second-order valence-electron chi connectivity index (χ2n) is 6.70. The van der Waals surface area contributed by atoms with Crippen LogP contribution in [0.2, 0.25) is 0 Å². The van der Waals surface area contributed by atoms with Crippen LogP contribution in [0.3, 0.4) is 0 Å². The van der Waals surface area contributed by atoms with Crippen molar-refractivity contribution in [2.24, 2.45) is 0 Å². The molecule has 0 atom stereocenters. The van der Waals surface area contributed by atoms with Gasteiger partial charge >= 0.3 is 6.43 Å².